The SMILES string of the molecule is COc1cc(Cl)nc(NC(=S)N[C@H](C)c2ccccc2)n1. The van der Waals surface area contributed by atoms with Gasteiger partial charge >= 0.3 is 0 Å². The summed E-state index contributed by atoms with van der Waals surface area (Å²) in [5.41, 5.74) is 1.13. The van der Waals surface area contributed by atoms with Crippen molar-refractivity contribution >= 4 is 34.9 Å². The Hall–Kier alpha value is -1.92. The fourth-order valence-electron chi connectivity index (χ4n) is 1.72. The molecule has 5 nitrogen and oxygen atoms in total. The van der Waals surface area contributed by atoms with Crippen LogP contribution in [0.4, 0.5) is 5.95 Å². The van der Waals surface area contributed by atoms with E-state index < -0.39 is 0 Å². The number of nitrogens with zero attached hydrogens (tertiary/aromatic N) is 2. The van der Waals surface area contributed by atoms with Gasteiger partial charge in [-0.1, -0.05) is 41.9 Å². The van der Waals surface area contributed by atoms with Gasteiger partial charge in [0, 0.05) is 6.07 Å². The number of thiocarbonyl (C=S) groups is 1. The maximum atomic E-state index is 5.88. The summed E-state index contributed by atoms with van der Waals surface area (Å²) >= 11 is 11.1. The first-order valence-electron chi connectivity index (χ1n) is 6.29. The molecule has 1 aromatic heterocycles. The number of anilines is 1. The number of halogens is 1. The lowest BCUT2D eigenvalue weighted by Crippen LogP contribution is -2.31. The lowest BCUT2D eigenvalue weighted by atomic mass is 10.1. The number of hydrogen-bond donors (Lipinski definition) is 2. The van der Waals surface area contributed by atoms with Crippen LogP contribution in [0.1, 0.15) is 18.5 Å². The Morgan fingerprint density at radius 1 is 1.29 bits per heavy atom. The highest BCUT2D eigenvalue weighted by Crippen LogP contribution is 2.16. The van der Waals surface area contributed by atoms with Crippen molar-refractivity contribution in [2.75, 3.05) is 12.4 Å². The zero-order valence-corrected chi connectivity index (χ0v) is 13.2. The average molecular weight is 323 g/mol. The summed E-state index contributed by atoms with van der Waals surface area (Å²) in [5, 5.41) is 6.74. The molecular weight excluding hydrogens is 308 g/mol. The number of hydrogen-bond acceptors (Lipinski definition) is 4. The molecule has 0 aliphatic heterocycles. The number of methoxy groups -OCH3 is 1. The van der Waals surface area contributed by atoms with E-state index in [1.165, 1.54) is 13.2 Å². The molecule has 0 fully saturated rings. The van der Waals surface area contributed by atoms with E-state index in [-0.39, 0.29) is 17.1 Å². The zero-order chi connectivity index (χ0) is 15.2. The molecule has 0 bridgehead atoms. The van der Waals surface area contributed by atoms with Crippen LogP contribution in [0.5, 0.6) is 5.88 Å². The summed E-state index contributed by atoms with van der Waals surface area (Å²) in [4.78, 5) is 8.15. The van der Waals surface area contributed by atoms with Crippen LogP contribution in [-0.2, 0) is 0 Å². The van der Waals surface area contributed by atoms with Crippen LogP contribution >= 0.6 is 23.8 Å². The summed E-state index contributed by atoms with van der Waals surface area (Å²) in [5.74, 6) is 0.661. The minimum absolute atomic E-state index is 0.0623. The molecule has 1 atom stereocenters. The van der Waals surface area contributed by atoms with Crippen molar-refractivity contribution in [3.63, 3.8) is 0 Å². The van der Waals surface area contributed by atoms with Gasteiger partial charge < -0.3 is 15.4 Å². The molecule has 0 amide bonds. The van der Waals surface area contributed by atoms with Crippen LogP contribution in [0.2, 0.25) is 5.15 Å². The van der Waals surface area contributed by atoms with E-state index in [1.54, 1.807) is 0 Å². The van der Waals surface area contributed by atoms with Crippen LogP contribution in [-0.4, -0.2) is 22.2 Å². The minimum Gasteiger partial charge on any atom is -0.481 e. The lowest BCUT2D eigenvalue weighted by molar-refractivity contribution is 0.397. The predicted molar refractivity (Wildman–Crippen MR) is 87.8 cm³/mol. The highest BCUT2D eigenvalue weighted by Gasteiger charge is 2.09. The van der Waals surface area contributed by atoms with Crippen LogP contribution in [0.3, 0.4) is 0 Å². The van der Waals surface area contributed by atoms with Gasteiger partial charge in [-0.2, -0.15) is 4.98 Å². The van der Waals surface area contributed by atoms with Crippen molar-refractivity contribution < 1.29 is 4.74 Å². The summed E-state index contributed by atoms with van der Waals surface area (Å²) < 4.78 is 5.03. The molecule has 1 aromatic carbocycles. The molecular formula is C14H15ClN4OS. The Balaban J connectivity index is 2.00. The van der Waals surface area contributed by atoms with E-state index >= 15 is 0 Å². The van der Waals surface area contributed by atoms with Crippen molar-refractivity contribution in [2.24, 2.45) is 0 Å². The van der Waals surface area contributed by atoms with Crippen molar-refractivity contribution in [1.29, 1.82) is 0 Å². The molecule has 0 aliphatic rings. The smallest absolute Gasteiger partial charge is 0.233 e. The van der Waals surface area contributed by atoms with Gasteiger partial charge in [-0.05, 0) is 24.7 Å². The van der Waals surface area contributed by atoms with Gasteiger partial charge in [0.1, 0.15) is 5.15 Å². The van der Waals surface area contributed by atoms with Crippen molar-refractivity contribution in [3.8, 4) is 5.88 Å². The predicted octanol–water partition coefficient (Wildman–Crippen LogP) is 3.19. The Kier molecular flexibility index (Phi) is 5.30. The third-order valence-corrected chi connectivity index (χ3v) is 3.17. The van der Waals surface area contributed by atoms with Gasteiger partial charge in [-0.3, -0.25) is 0 Å². The van der Waals surface area contributed by atoms with Gasteiger partial charge in [0.05, 0.1) is 13.2 Å². The fourth-order valence-corrected chi connectivity index (χ4v) is 2.16. The quantitative estimate of drug-likeness (QED) is 0.666. The van der Waals surface area contributed by atoms with E-state index in [9.17, 15) is 0 Å². The summed E-state index contributed by atoms with van der Waals surface area (Å²) in [7, 11) is 1.51. The number of nitrogens with one attached hydrogen (secondary N) is 2. The Morgan fingerprint density at radius 3 is 2.67 bits per heavy atom. The molecule has 0 saturated carbocycles. The summed E-state index contributed by atoms with van der Waals surface area (Å²) in [6, 6.07) is 11.6. The van der Waals surface area contributed by atoms with Crippen molar-refractivity contribution in [3.05, 3.63) is 47.1 Å². The highest BCUT2D eigenvalue weighted by molar-refractivity contribution is 7.80. The third kappa shape index (κ3) is 4.54. The largest absolute Gasteiger partial charge is 0.481 e. The summed E-state index contributed by atoms with van der Waals surface area (Å²) in [6.45, 7) is 2.02. The van der Waals surface area contributed by atoms with Crippen molar-refractivity contribution in [1.82, 2.24) is 15.3 Å². The van der Waals surface area contributed by atoms with Gasteiger partial charge in [0.25, 0.3) is 0 Å². The van der Waals surface area contributed by atoms with Gasteiger partial charge in [0.15, 0.2) is 5.11 Å². The molecule has 2 N–H and O–H groups in total. The molecule has 0 radical (unpaired) electrons. The van der Waals surface area contributed by atoms with E-state index in [4.69, 9.17) is 28.6 Å². The molecule has 0 aliphatic carbocycles. The third-order valence-electron chi connectivity index (χ3n) is 2.75. The van der Waals surface area contributed by atoms with E-state index in [0.717, 1.165) is 5.56 Å². The number of aromatic nitrogens is 2. The zero-order valence-electron chi connectivity index (χ0n) is 11.6. The number of benzene rings is 1. The first-order chi connectivity index (χ1) is 10.1. The Labute approximate surface area is 133 Å². The van der Waals surface area contributed by atoms with E-state index in [2.05, 4.69) is 20.6 Å². The molecule has 2 rings (SSSR count). The second-order valence-corrected chi connectivity index (χ2v) is 5.08. The monoisotopic (exact) mass is 322 g/mol. The second kappa shape index (κ2) is 7.19. The normalized spacial score (nSPS) is 11.6. The highest BCUT2D eigenvalue weighted by atomic mass is 35.5. The summed E-state index contributed by atoms with van der Waals surface area (Å²) in [6.07, 6.45) is 0. The first kappa shape index (κ1) is 15.5. The van der Waals surface area contributed by atoms with Crippen LogP contribution in [0.25, 0.3) is 0 Å². The molecule has 2 aromatic rings. The molecule has 21 heavy (non-hydrogen) atoms. The van der Waals surface area contributed by atoms with E-state index in [1.807, 2.05) is 37.3 Å². The maximum Gasteiger partial charge on any atom is 0.233 e. The van der Waals surface area contributed by atoms with Crippen LogP contribution < -0.4 is 15.4 Å². The molecule has 0 unspecified atom stereocenters. The standard InChI is InChI=1S/C14H15ClN4OS/c1-9(10-6-4-3-5-7-10)16-14(21)19-13-17-11(15)8-12(18-13)20-2/h3-9H,1-2H3,(H2,16,17,18,19,21)/t9-/m1/s1. The molecule has 110 valence electrons. The molecule has 7 heteroatoms. The fraction of sp³-hybridized carbons (Fsp3) is 0.214. The average Bonchev–Trinajstić information content (AvgIpc) is 2.47. The Morgan fingerprint density at radius 2 is 2.00 bits per heavy atom. The molecule has 0 spiro atoms. The molecule has 1 heterocycles. The minimum atomic E-state index is 0.0623. The van der Waals surface area contributed by atoms with Gasteiger partial charge in [-0.25, -0.2) is 4.98 Å². The van der Waals surface area contributed by atoms with Crippen LogP contribution in [0.15, 0.2) is 36.4 Å². The topological polar surface area (TPSA) is 59.1 Å². The number of rotatable bonds is 4. The first-order valence-corrected chi connectivity index (χ1v) is 7.08. The molecule has 0 saturated heterocycles. The van der Waals surface area contributed by atoms with Gasteiger partial charge in [-0.15, -0.1) is 0 Å². The maximum absolute atomic E-state index is 5.88. The van der Waals surface area contributed by atoms with Gasteiger partial charge in [0.2, 0.25) is 11.8 Å². The van der Waals surface area contributed by atoms with Crippen molar-refractivity contribution in [2.45, 2.75) is 13.0 Å². The number of ether oxygens (including phenoxy) is 1. The lowest BCUT2D eigenvalue weighted by Gasteiger charge is -2.16. The Bertz CT molecular complexity index is 624. The van der Waals surface area contributed by atoms with E-state index in [0.29, 0.717) is 11.0 Å². The second-order valence-electron chi connectivity index (χ2n) is 4.29. The van der Waals surface area contributed by atoms with Crippen LogP contribution in [0, 0.1) is 0 Å².